The van der Waals surface area contributed by atoms with Crippen molar-refractivity contribution in [2.45, 2.75) is 78.0 Å². The Hall–Kier alpha value is -0.380. The molecule has 1 unspecified atom stereocenters. The quantitative estimate of drug-likeness (QED) is 0.866. The first-order valence-electron chi connectivity index (χ1n) is 8.04. The molecule has 1 aliphatic heterocycles. The van der Waals surface area contributed by atoms with Gasteiger partial charge < -0.3 is 5.32 Å². The van der Waals surface area contributed by atoms with E-state index in [0.29, 0.717) is 0 Å². The summed E-state index contributed by atoms with van der Waals surface area (Å²) in [6.07, 6.45) is 5.48. The molecular formula is C17H30N2S. The molecule has 0 bridgehead atoms. The summed E-state index contributed by atoms with van der Waals surface area (Å²) in [7, 11) is 0. The molecule has 3 heteroatoms. The van der Waals surface area contributed by atoms with Crippen molar-refractivity contribution in [3.63, 3.8) is 0 Å². The van der Waals surface area contributed by atoms with Crippen molar-refractivity contribution >= 4 is 11.3 Å². The topological polar surface area (TPSA) is 15.3 Å². The maximum atomic E-state index is 3.57. The average Bonchev–Trinajstić information content (AvgIpc) is 2.84. The van der Waals surface area contributed by atoms with E-state index in [-0.39, 0.29) is 5.54 Å². The van der Waals surface area contributed by atoms with Gasteiger partial charge in [0, 0.05) is 34.4 Å². The van der Waals surface area contributed by atoms with Gasteiger partial charge in [-0.2, -0.15) is 0 Å². The minimum Gasteiger partial charge on any atom is -0.307 e. The van der Waals surface area contributed by atoms with Crippen LogP contribution in [0.1, 0.15) is 63.1 Å². The first kappa shape index (κ1) is 16.0. The van der Waals surface area contributed by atoms with E-state index in [9.17, 15) is 0 Å². The van der Waals surface area contributed by atoms with Crippen molar-refractivity contribution in [3.05, 3.63) is 21.9 Å². The smallest absolute Gasteiger partial charge is 0.0330 e. The minimum absolute atomic E-state index is 0.199. The zero-order chi connectivity index (χ0) is 14.6. The van der Waals surface area contributed by atoms with Crippen LogP contribution in [0.5, 0.6) is 0 Å². The van der Waals surface area contributed by atoms with Gasteiger partial charge in [-0.1, -0.05) is 13.3 Å². The molecule has 0 aromatic carbocycles. The Morgan fingerprint density at radius 1 is 1.25 bits per heavy atom. The minimum atomic E-state index is 0.199. The number of rotatable bonds is 5. The first-order valence-corrected chi connectivity index (χ1v) is 8.86. The fourth-order valence-electron chi connectivity index (χ4n) is 2.89. The summed E-state index contributed by atoms with van der Waals surface area (Å²) >= 11 is 1.98. The molecule has 2 nitrogen and oxygen atoms in total. The number of likely N-dealkylation sites (tertiary alicyclic amines) is 1. The van der Waals surface area contributed by atoms with Gasteiger partial charge in [-0.05, 0) is 58.7 Å². The molecule has 0 saturated carbocycles. The van der Waals surface area contributed by atoms with E-state index < -0.39 is 0 Å². The standard InChI is InChI=1S/C17H30N2S/c1-5-14-8-6-7-11-19(14)13-16-10-9-15(20-16)12-18-17(2,3)4/h9-10,14,18H,5-8,11-13H2,1-4H3. The number of piperidine rings is 1. The molecule has 0 radical (unpaired) electrons. The van der Waals surface area contributed by atoms with Crippen LogP contribution >= 0.6 is 11.3 Å². The lowest BCUT2D eigenvalue weighted by atomic mass is 10.00. The van der Waals surface area contributed by atoms with Crippen LogP contribution in [0, 0.1) is 0 Å². The third-order valence-corrected chi connectivity index (χ3v) is 5.16. The molecule has 114 valence electrons. The van der Waals surface area contributed by atoms with E-state index >= 15 is 0 Å². The highest BCUT2D eigenvalue weighted by atomic mass is 32.1. The molecule has 0 spiro atoms. The first-order chi connectivity index (χ1) is 9.48. The number of hydrogen-bond donors (Lipinski definition) is 1. The summed E-state index contributed by atoms with van der Waals surface area (Å²) in [6.45, 7) is 12.4. The van der Waals surface area contributed by atoms with Gasteiger partial charge in [0.15, 0.2) is 0 Å². The summed E-state index contributed by atoms with van der Waals surface area (Å²) in [5, 5.41) is 3.57. The molecular weight excluding hydrogens is 264 g/mol. The van der Waals surface area contributed by atoms with Crippen molar-refractivity contribution < 1.29 is 0 Å². The van der Waals surface area contributed by atoms with Crippen LogP contribution in [0.15, 0.2) is 12.1 Å². The zero-order valence-corrected chi connectivity index (χ0v) is 14.4. The summed E-state index contributed by atoms with van der Waals surface area (Å²) < 4.78 is 0. The lowest BCUT2D eigenvalue weighted by Crippen LogP contribution is -2.38. The van der Waals surface area contributed by atoms with Crippen LogP contribution in [0.3, 0.4) is 0 Å². The fraction of sp³-hybridized carbons (Fsp3) is 0.765. The Kier molecular flexibility index (Phi) is 5.65. The maximum Gasteiger partial charge on any atom is 0.0330 e. The zero-order valence-electron chi connectivity index (χ0n) is 13.5. The molecule has 1 saturated heterocycles. The van der Waals surface area contributed by atoms with Crippen LogP contribution in [0.2, 0.25) is 0 Å². The largest absolute Gasteiger partial charge is 0.307 e. The number of nitrogens with zero attached hydrogens (tertiary/aromatic N) is 1. The highest BCUT2D eigenvalue weighted by Gasteiger charge is 2.21. The highest BCUT2D eigenvalue weighted by Crippen LogP contribution is 2.25. The van der Waals surface area contributed by atoms with E-state index in [1.165, 1.54) is 42.0 Å². The van der Waals surface area contributed by atoms with Gasteiger partial charge in [0.2, 0.25) is 0 Å². The Balaban J connectivity index is 1.88. The molecule has 0 aliphatic carbocycles. The third-order valence-electron chi connectivity index (χ3n) is 4.09. The molecule has 2 heterocycles. The second-order valence-corrected chi connectivity index (χ2v) is 8.25. The van der Waals surface area contributed by atoms with Gasteiger partial charge in [0.25, 0.3) is 0 Å². The molecule has 20 heavy (non-hydrogen) atoms. The van der Waals surface area contributed by atoms with E-state index in [0.717, 1.165) is 19.1 Å². The lowest BCUT2D eigenvalue weighted by molar-refractivity contribution is 0.137. The predicted molar refractivity (Wildman–Crippen MR) is 89.3 cm³/mol. The number of hydrogen-bond acceptors (Lipinski definition) is 3. The Bertz CT molecular complexity index is 405. The van der Waals surface area contributed by atoms with Crippen molar-refractivity contribution in [1.29, 1.82) is 0 Å². The molecule has 1 N–H and O–H groups in total. The maximum absolute atomic E-state index is 3.57. The highest BCUT2D eigenvalue weighted by molar-refractivity contribution is 7.11. The SMILES string of the molecule is CCC1CCCCN1Cc1ccc(CNC(C)(C)C)s1. The third kappa shape index (κ3) is 4.87. The summed E-state index contributed by atoms with van der Waals surface area (Å²) in [5.74, 6) is 0. The summed E-state index contributed by atoms with van der Waals surface area (Å²) in [4.78, 5) is 5.67. The van der Waals surface area contributed by atoms with Crippen molar-refractivity contribution in [1.82, 2.24) is 10.2 Å². The predicted octanol–water partition coefficient (Wildman–Crippen LogP) is 4.40. The lowest BCUT2D eigenvalue weighted by Gasteiger charge is -2.34. The van der Waals surface area contributed by atoms with Crippen molar-refractivity contribution in [2.24, 2.45) is 0 Å². The Morgan fingerprint density at radius 2 is 2.00 bits per heavy atom. The van der Waals surface area contributed by atoms with Crippen LogP contribution in [-0.2, 0) is 13.1 Å². The molecule has 2 rings (SSSR count). The van der Waals surface area contributed by atoms with Gasteiger partial charge in [0.1, 0.15) is 0 Å². The fourth-order valence-corrected chi connectivity index (χ4v) is 3.87. The summed E-state index contributed by atoms with van der Waals surface area (Å²) in [6, 6.07) is 5.43. The van der Waals surface area contributed by atoms with E-state index in [2.05, 4.69) is 50.0 Å². The molecule has 1 atom stereocenters. The van der Waals surface area contributed by atoms with Crippen LogP contribution in [-0.4, -0.2) is 23.0 Å². The van der Waals surface area contributed by atoms with Gasteiger partial charge in [-0.25, -0.2) is 0 Å². The second-order valence-electron chi connectivity index (χ2n) is 7.00. The van der Waals surface area contributed by atoms with Gasteiger partial charge >= 0.3 is 0 Å². The van der Waals surface area contributed by atoms with Gasteiger partial charge in [-0.15, -0.1) is 11.3 Å². The van der Waals surface area contributed by atoms with Crippen molar-refractivity contribution in [2.75, 3.05) is 6.54 Å². The van der Waals surface area contributed by atoms with Crippen molar-refractivity contribution in [3.8, 4) is 0 Å². The molecule has 1 aromatic rings. The summed E-state index contributed by atoms with van der Waals surface area (Å²) in [5.41, 5.74) is 0.199. The van der Waals surface area contributed by atoms with E-state index in [1.54, 1.807) is 0 Å². The van der Waals surface area contributed by atoms with Crippen LogP contribution in [0.25, 0.3) is 0 Å². The normalized spacial score (nSPS) is 21.3. The molecule has 0 amide bonds. The molecule has 1 aliphatic rings. The second kappa shape index (κ2) is 7.06. The Morgan fingerprint density at radius 3 is 2.70 bits per heavy atom. The Labute approximate surface area is 128 Å². The monoisotopic (exact) mass is 294 g/mol. The number of nitrogens with one attached hydrogen (secondary N) is 1. The van der Waals surface area contributed by atoms with Gasteiger partial charge in [0.05, 0.1) is 0 Å². The number of thiophene rings is 1. The van der Waals surface area contributed by atoms with E-state index in [1.807, 2.05) is 11.3 Å². The van der Waals surface area contributed by atoms with E-state index in [4.69, 9.17) is 0 Å². The average molecular weight is 295 g/mol. The molecule has 1 fully saturated rings. The molecule has 1 aromatic heterocycles. The van der Waals surface area contributed by atoms with Gasteiger partial charge in [-0.3, -0.25) is 4.90 Å². The van der Waals surface area contributed by atoms with Crippen LogP contribution < -0.4 is 5.32 Å². The van der Waals surface area contributed by atoms with Crippen LogP contribution in [0.4, 0.5) is 0 Å².